The Hall–Kier alpha value is -0.860. The predicted octanol–water partition coefficient (Wildman–Crippen LogP) is 3.68. The number of aryl methyl sites for hydroxylation is 2. The van der Waals surface area contributed by atoms with Crippen LogP contribution in [0, 0.1) is 13.8 Å². The molecule has 0 aliphatic rings. The number of likely N-dealkylation sites (N-methyl/N-ethyl adjacent to an activating group) is 2. The molecule has 0 spiro atoms. The minimum atomic E-state index is 0.407. The van der Waals surface area contributed by atoms with E-state index in [1.165, 1.54) is 29.5 Å². The van der Waals surface area contributed by atoms with Gasteiger partial charge in [0.05, 0.1) is 0 Å². The van der Waals surface area contributed by atoms with Gasteiger partial charge in [-0.15, -0.1) is 0 Å². The van der Waals surface area contributed by atoms with Gasteiger partial charge >= 0.3 is 0 Å². The van der Waals surface area contributed by atoms with Crippen LogP contribution in [0.25, 0.3) is 0 Å². The van der Waals surface area contributed by atoms with E-state index >= 15 is 0 Å². The maximum Gasteiger partial charge on any atom is 0.0449 e. The summed E-state index contributed by atoms with van der Waals surface area (Å²) in [5.41, 5.74) is 4.14. The third-order valence-electron chi connectivity index (χ3n) is 4.09. The maximum atomic E-state index is 3.47. The van der Waals surface area contributed by atoms with Crippen LogP contribution in [0.4, 0.5) is 0 Å². The Morgan fingerprint density at radius 3 is 2.53 bits per heavy atom. The van der Waals surface area contributed by atoms with Gasteiger partial charge in [0.25, 0.3) is 0 Å². The number of nitrogens with one attached hydrogen (secondary N) is 1. The second-order valence-corrected chi connectivity index (χ2v) is 5.78. The van der Waals surface area contributed by atoms with Gasteiger partial charge in [0.15, 0.2) is 0 Å². The van der Waals surface area contributed by atoms with E-state index in [-0.39, 0.29) is 0 Å². The highest BCUT2D eigenvalue weighted by molar-refractivity contribution is 5.33. The van der Waals surface area contributed by atoms with E-state index in [0.29, 0.717) is 12.1 Å². The van der Waals surface area contributed by atoms with Crippen molar-refractivity contribution in [2.45, 2.75) is 52.6 Å². The van der Waals surface area contributed by atoms with Gasteiger partial charge in [-0.25, -0.2) is 0 Å². The Kier molecular flexibility index (Phi) is 6.53. The third-order valence-corrected chi connectivity index (χ3v) is 4.09. The number of hydrogen-bond acceptors (Lipinski definition) is 2. The summed E-state index contributed by atoms with van der Waals surface area (Å²) in [7, 11) is 4.29. The van der Waals surface area contributed by atoms with Gasteiger partial charge in [-0.3, -0.25) is 0 Å². The first-order valence-electron chi connectivity index (χ1n) is 7.44. The largest absolute Gasteiger partial charge is 0.312 e. The van der Waals surface area contributed by atoms with Crippen molar-refractivity contribution in [1.82, 2.24) is 10.2 Å². The summed E-state index contributed by atoms with van der Waals surface area (Å²) in [6.07, 6.45) is 2.51. The van der Waals surface area contributed by atoms with E-state index in [4.69, 9.17) is 0 Å². The fourth-order valence-electron chi connectivity index (χ4n) is 2.59. The summed E-state index contributed by atoms with van der Waals surface area (Å²) in [6, 6.07) is 7.78. The standard InChI is InChI=1S/C17H30N2/c1-7-8-15(4)19(6)12-17(18-5)16-11-13(2)9-10-14(16)3/h9-11,15,17-18H,7-8,12H2,1-6H3. The molecule has 2 unspecified atom stereocenters. The summed E-state index contributed by atoms with van der Waals surface area (Å²) < 4.78 is 0. The molecular weight excluding hydrogens is 232 g/mol. The molecule has 0 saturated carbocycles. The Labute approximate surface area is 119 Å². The Morgan fingerprint density at radius 2 is 1.95 bits per heavy atom. The molecular formula is C17H30N2. The molecule has 1 aromatic carbocycles. The van der Waals surface area contributed by atoms with Crippen molar-refractivity contribution in [2.24, 2.45) is 0 Å². The van der Waals surface area contributed by atoms with Crippen molar-refractivity contribution >= 4 is 0 Å². The molecule has 0 aromatic heterocycles. The lowest BCUT2D eigenvalue weighted by atomic mass is 9.98. The number of benzene rings is 1. The molecule has 0 heterocycles. The highest BCUT2D eigenvalue weighted by Crippen LogP contribution is 2.21. The zero-order valence-corrected chi connectivity index (χ0v) is 13.5. The zero-order chi connectivity index (χ0) is 14.4. The van der Waals surface area contributed by atoms with E-state index < -0.39 is 0 Å². The summed E-state index contributed by atoms with van der Waals surface area (Å²) in [5.74, 6) is 0. The molecule has 0 saturated heterocycles. The molecule has 1 rings (SSSR count). The average Bonchev–Trinajstić information content (AvgIpc) is 2.39. The molecule has 0 aliphatic carbocycles. The van der Waals surface area contributed by atoms with E-state index in [9.17, 15) is 0 Å². The highest BCUT2D eigenvalue weighted by atomic mass is 15.1. The SMILES string of the molecule is CCCC(C)N(C)CC(NC)c1cc(C)ccc1C. The molecule has 0 fully saturated rings. The first-order chi connectivity index (χ1) is 8.99. The summed E-state index contributed by atoms with van der Waals surface area (Å²) in [4.78, 5) is 2.46. The Bertz CT molecular complexity index is 387. The summed E-state index contributed by atoms with van der Waals surface area (Å²) in [6.45, 7) is 10.00. The lowest BCUT2D eigenvalue weighted by Gasteiger charge is -2.30. The molecule has 2 heteroatoms. The number of rotatable bonds is 7. The Balaban J connectivity index is 2.80. The molecule has 0 radical (unpaired) electrons. The van der Waals surface area contributed by atoms with E-state index in [1.54, 1.807) is 0 Å². The second kappa shape index (κ2) is 7.66. The number of nitrogens with zero attached hydrogens (tertiary/aromatic N) is 1. The van der Waals surface area contributed by atoms with Crippen molar-refractivity contribution in [3.05, 3.63) is 34.9 Å². The lowest BCUT2D eigenvalue weighted by molar-refractivity contribution is 0.222. The molecule has 2 atom stereocenters. The molecule has 1 aromatic rings. The Morgan fingerprint density at radius 1 is 1.26 bits per heavy atom. The van der Waals surface area contributed by atoms with Gasteiger partial charge in [0, 0.05) is 18.6 Å². The molecule has 0 amide bonds. The van der Waals surface area contributed by atoms with E-state index in [2.05, 4.69) is 70.2 Å². The van der Waals surface area contributed by atoms with Crippen LogP contribution in [0.15, 0.2) is 18.2 Å². The van der Waals surface area contributed by atoms with Crippen LogP contribution in [0.1, 0.15) is 49.4 Å². The van der Waals surface area contributed by atoms with Crippen molar-refractivity contribution in [2.75, 3.05) is 20.6 Å². The smallest absolute Gasteiger partial charge is 0.0449 e. The van der Waals surface area contributed by atoms with Crippen LogP contribution >= 0.6 is 0 Å². The first kappa shape index (κ1) is 16.2. The molecule has 108 valence electrons. The zero-order valence-electron chi connectivity index (χ0n) is 13.5. The first-order valence-corrected chi connectivity index (χ1v) is 7.44. The van der Waals surface area contributed by atoms with Crippen molar-refractivity contribution in [3.8, 4) is 0 Å². The van der Waals surface area contributed by atoms with Crippen LogP contribution in [-0.2, 0) is 0 Å². The maximum absolute atomic E-state index is 3.47. The van der Waals surface area contributed by atoms with Gasteiger partial charge < -0.3 is 10.2 Å². The monoisotopic (exact) mass is 262 g/mol. The van der Waals surface area contributed by atoms with Crippen molar-refractivity contribution < 1.29 is 0 Å². The molecule has 0 bridgehead atoms. The van der Waals surface area contributed by atoms with Crippen LogP contribution in [0.5, 0.6) is 0 Å². The van der Waals surface area contributed by atoms with Crippen LogP contribution in [0.2, 0.25) is 0 Å². The fraction of sp³-hybridized carbons (Fsp3) is 0.647. The normalized spacial score (nSPS) is 14.7. The lowest BCUT2D eigenvalue weighted by Crippen LogP contribution is -2.37. The molecule has 1 N–H and O–H groups in total. The highest BCUT2D eigenvalue weighted by Gasteiger charge is 2.17. The van der Waals surface area contributed by atoms with Gasteiger partial charge in [0.1, 0.15) is 0 Å². The number of hydrogen-bond donors (Lipinski definition) is 1. The minimum absolute atomic E-state index is 0.407. The van der Waals surface area contributed by atoms with E-state index in [1.807, 2.05) is 0 Å². The third kappa shape index (κ3) is 4.63. The summed E-state index contributed by atoms with van der Waals surface area (Å²) >= 11 is 0. The van der Waals surface area contributed by atoms with Crippen LogP contribution in [-0.4, -0.2) is 31.6 Å². The van der Waals surface area contributed by atoms with E-state index in [0.717, 1.165) is 6.54 Å². The van der Waals surface area contributed by atoms with Crippen molar-refractivity contribution in [1.29, 1.82) is 0 Å². The van der Waals surface area contributed by atoms with Gasteiger partial charge in [-0.1, -0.05) is 37.1 Å². The second-order valence-electron chi connectivity index (χ2n) is 5.78. The van der Waals surface area contributed by atoms with Gasteiger partial charge in [0.2, 0.25) is 0 Å². The summed E-state index contributed by atoms with van der Waals surface area (Å²) in [5, 5.41) is 3.47. The van der Waals surface area contributed by atoms with Gasteiger partial charge in [-0.2, -0.15) is 0 Å². The van der Waals surface area contributed by atoms with Crippen LogP contribution in [0.3, 0.4) is 0 Å². The van der Waals surface area contributed by atoms with Crippen LogP contribution < -0.4 is 5.32 Å². The molecule has 2 nitrogen and oxygen atoms in total. The quantitative estimate of drug-likeness (QED) is 0.806. The fourth-order valence-corrected chi connectivity index (χ4v) is 2.59. The molecule has 19 heavy (non-hydrogen) atoms. The predicted molar refractivity (Wildman–Crippen MR) is 84.7 cm³/mol. The van der Waals surface area contributed by atoms with Crippen molar-refractivity contribution in [3.63, 3.8) is 0 Å². The molecule has 0 aliphatic heterocycles. The topological polar surface area (TPSA) is 15.3 Å². The minimum Gasteiger partial charge on any atom is -0.312 e. The average molecular weight is 262 g/mol. The van der Waals surface area contributed by atoms with Gasteiger partial charge in [-0.05, 0) is 52.4 Å².